The summed E-state index contributed by atoms with van der Waals surface area (Å²) < 4.78 is 0. The summed E-state index contributed by atoms with van der Waals surface area (Å²) in [6.07, 6.45) is 0. The largest absolute Gasteiger partial charge is 2.00 e. The minimum absolute atomic E-state index is 0. The van der Waals surface area contributed by atoms with Crippen molar-refractivity contribution in [3.63, 3.8) is 0 Å². The molecule has 26 valence electrons. The fraction of sp³-hybridized carbons (Fsp3) is 0. The van der Waals surface area contributed by atoms with E-state index in [2.05, 4.69) is 0 Å². The van der Waals surface area contributed by atoms with E-state index in [1.165, 1.54) is 0 Å². The van der Waals surface area contributed by atoms with Crippen LogP contribution in [0.2, 0.25) is 0 Å². The van der Waals surface area contributed by atoms with Crippen LogP contribution in [0.25, 0.3) is 0 Å². The van der Waals surface area contributed by atoms with Gasteiger partial charge in [0.05, 0.1) is 0 Å². The molecule has 0 saturated heterocycles. The first-order chi connectivity index (χ1) is 0. The van der Waals surface area contributed by atoms with Crippen LogP contribution in [0.15, 0.2) is 0 Å². The van der Waals surface area contributed by atoms with Gasteiger partial charge in [-0.3, -0.25) is 0 Å². The first-order valence-electron chi connectivity index (χ1n) is 0. The molecule has 0 heterocycles. The van der Waals surface area contributed by atoms with Gasteiger partial charge in [0.1, 0.15) is 0 Å². The van der Waals surface area contributed by atoms with Gasteiger partial charge in [0, 0.05) is 0 Å². The summed E-state index contributed by atoms with van der Waals surface area (Å²) in [6.45, 7) is 0. The van der Waals surface area contributed by atoms with Gasteiger partial charge in [0.25, 0.3) is 0 Å². The molecule has 0 unspecified atom stereocenters. The van der Waals surface area contributed by atoms with E-state index in [0.717, 1.165) is 0 Å². The second-order valence-corrected chi connectivity index (χ2v) is 0. The SMILES string of the molecule is [AlH3].[H-].[H-].[Mg+2].[SiH4].[SiH4]. The van der Waals surface area contributed by atoms with Gasteiger partial charge < -0.3 is 2.85 Å². The Balaban J connectivity index is 0. The van der Waals surface area contributed by atoms with Crippen molar-refractivity contribution in [3.05, 3.63) is 0 Å². The summed E-state index contributed by atoms with van der Waals surface area (Å²) in [7, 11) is 0. The first kappa shape index (κ1) is 42.8. The summed E-state index contributed by atoms with van der Waals surface area (Å²) in [5, 5.41) is 0. The smallest absolute Gasteiger partial charge is 1.00 e. The van der Waals surface area contributed by atoms with Crippen molar-refractivity contribution in [1.29, 1.82) is 0 Å². The zero-order valence-corrected chi connectivity index (χ0v) is 2.12. The summed E-state index contributed by atoms with van der Waals surface area (Å²) >= 11 is 0. The van der Waals surface area contributed by atoms with Crippen molar-refractivity contribution in [3.8, 4) is 0 Å². The maximum atomic E-state index is 0. The molecule has 0 aromatic rings. The predicted octanol–water partition coefficient (Wildman–Crippen LogP) is -4.24. The van der Waals surface area contributed by atoms with E-state index in [1.807, 2.05) is 0 Å². The Kier molecular flexibility index (Phi) is 235. The van der Waals surface area contributed by atoms with Crippen LogP contribution < -0.4 is 0 Å². The van der Waals surface area contributed by atoms with Crippen molar-refractivity contribution in [1.82, 2.24) is 0 Å². The topological polar surface area (TPSA) is 0 Å². The molecule has 0 fully saturated rings. The molecule has 0 aromatic heterocycles. The standard InChI is InChI=1S/Al.Mg.2H4Si.5H/h;;2*1H4;;;;;/q;+2;;;;;;2*-1. The second kappa shape index (κ2) is 22.0. The van der Waals surface area contributed by atoms with Crippen LogP contribution in [0.4, 0.5) is 0 Å². The molecule has 0 rings (SSSR count). The molecule has 0 amide bonds. The first-order valence-corrected chi connectivity index (χ1v) is 0. The monoisotopic (exact) mass is 120 g/mol. The number of hydrogen-bond acceptors (Lipinski definition) is 0. The molecule has 0 spiro atoms. The third-order valence-electron chi connectivity index (χ3n) is 0. The van der Waals surface area contributed by atoms with Gasteiger partial charge in [-0.2, -0.15) is 0 Å². The molecule has 0 nitrogen and oxygen atoms in total. The minimum Gasteiger partial charge on any atom is -1.00 e. The van der Waals surface area contributed by atoms with Gasteiger partial charge in [-0.1, -0.05) is 0 Å². The molecule has 4 heteroatoms. The van der Waals surface area contributed by atoms with E-state index in [1.54, 1.807) is 0 Å². The van der Waals surface area contributed by atoms with E-state index in [4.69, 9.17) is 0 Å². The minimum atomic E-state index is 0. The van der Waals surface area contributed by atoms with Gasteiger partial charge in [0.15, 0.2) is 17.4 Å². The molecular formula is H13AlMgSi2. The van der Waals surface area contributed by atoms with Gasteiger partial charge in [-0.25, -0.2) is 0 Å². The Morgan fingerprint density at radius 2 is 1.00 bits per heavy atom. The zero-order valence-electron chi connectivity index (χ0n) is 2.71. The Morgan fingerprint density at radius 1 is 1.00 bits per heavy atom. The van der Waals surface area contributed by atoms with Gasteiger partial charge in [-0.05, 0) is 21.9 Å². The van der Waals surface area contributed by atoms with Crippen LogP contribution in [-0.2, 0) is 0 Å². The third kappa shape index (κ3) is 9.28. The normalized spacial score (nSPS) is 0. The molecule has 4 heavy (non-hydrogen) atoms. The number of rotatable bonds is 0. The summed E-state index contributed by atoms with van der Waals surface area (Å²) in [5.41, 5.74) is 0. The molecule has 0 aromatic carbocycles. The van der Waals surface area contributed by atoms with E-state index >= 15 is 0 Å². The molecular weight excluding hydrogens is 107 g/mol. The fourth-order valence-electron chi connectivity index (χ4n) is 0. The Labute approximate surface area is 65.0 Å². The summed E-state index contributed by atoms with van der Waals surface area (Å²) in [6, 6.07) is 0. The predicted molar refractivity (Wildman–Crippen MR) is 40.6 cm³/mol. The van der Waals surface area contributed by atoms with Crippen molar-refractivity contribution < 1.29 is 2.85 Å². The average Bonchev–Trinajstić information content (AvgIpc) is 0. The van der Waals surface area contributed by atoms with Crippen LogP contribution in [0.3, 0.4) is 0 Å². The fourth-order valence-corrected chi connectivity index (χ4v) is 0. The zero-order chi connectivity index (χ0) is 0. The molecule has 0 saturated carbocycles. The van der Waals surface area contributed by atoms with Crippen molar-refractivity contribution >= 4 is 62.3 Å². The molecule has 0 atom stereocenters. The number of hydrogen-bond donors (Lipinski definition) is 0. The quantitative estimate of drug-likeness (QED) is 0.284. The van der Waals surface area contributed by atoms with Crippen LogP contribution in [-0.4, -0.2) is 62.3 Å². The van der Waals surface area contributed by atoms with Crippen molar-refractivity contribution in [2.45, 2.75) is 0 Å². The molecule has 0 aliphatic carbocycles. The summed E-state index contributed by atoms with van der Waals surface area (Å²) in [5.74, 6) is 0. The molecule has 0 aliphatic rings. The van der Waals surface area contributed by atoms with Crippen LogP contribution in [0, 0.1) is 0 Å². The van der Waals surface area contributed by atoms with E-state index < -0.39 is 0 Å². The Morgan fingerprint density at radius 3 is 1.00 bits per heavy atom. The average molecular weight is 121 g/mol. The maximum Gasteiger partial charge on any atom is 2.00 e. The van der Waals surface area contributed by atoms with Crippen molar-refractivity contribution in [2.75, 3.05) is 0 Å². The van der Waals surface area contributed by atoms with Crippen molar-refractivity contribution in [2.24, 2.45) is 0 Å². The molecule has 0 N–H and O–H groups in total. The second-order valence-electron chi connectivity index (χ2n) is 0. The maximum absolute atomic E-state index is 0. The molecule has 0 bridgehead atoms. The van der Waals surface area contributed by atoms with Gasteiger partial charge >= 0.3 is 23.1 Å². The van der Waals surface area contributed by atoms with Crippen LogP contribution in [0.5, 0.6) is 0 Å². The molecule has 0 aliphatic heterocycles. The Bertz CT molecular complexity index is 11.5. The third-order valence-corrected chi connectivity index (χ3v) is 0. The Hall–Kier alpha value is 1.73. The van der Waals surface area contributed by atoms with Crippen LogP contribution in [0.1, 0.15) is 2.85 Å². The van der Waals surface area contributed by atoms with Gasteiger partial charge in [0.2, 0.25) is 0 Å². The van der Waals surface area contributed by atoms with E-state index in [0.29, 0.717) is 0 Å². The summed E-state index contributed by atoms with van der Waals surface area (Å²) in [4.78, 5) is 0. The van der Waals surface area contributed by atoms with E-state index in [-0.39, 0.29) is 65.2 Å². The van der Waals surface area contributed by atoms with E-state index in [9.17, 15) is 0 Å². The van der Waals surface area contributed by atoms with Gasteiger partial charge in [-0.15, -0.1) is 0 Å². The molecule has 0 radical (unpaired) electrons. The van der Waals surface area contributed by atoms with Crippen LogP contribution >= 0.6 is 0 Å².